The summed E-state index contributed by atoms with van der Waals surface area (Å²) in [6, 6.07) is 4.35. The SMILES string of the molecule is COC(=O)Cc1ccc(C#N)c(SC(F)(F)F)c1Br. The summed E-state index contributed by atoms with van der Waals surface area (Å²) in [7, 11) is 1.19. The molecule has 0 atom stereocenters. The first-order chi connectivity index (χ1) is 8.78. The van der Waals surface area contributed by atoms with Gasteiger partial charge in [0.1, 0.15) is 6.07 Å². The lowest BCUT2D eigenvalue weighted by atomic mass is 10.1. The first-order valence-corrected chi connectivity index (χ1v) is 6.43. The second kappa shape index (κ2) is 6.30. The van der Waals surface area contributed by atoms with E-state index in [0.717, 1.165) is 0 Å². The zero-order valence-corrected chi connectivity index (χ0v) is 11.9. The van der Waals surface area contributed by atoms with Crippen molar-refractivity contribution in [1.29, 1.82) is 5.26 Å². The molecule has 1 aromatic rings. The number of hydrogen-bond donors (Lipinski definition) is 0. The van der Waals surface area contributed by atoms with Crippen molar-refractivity contribution in [2.24, 2.45) is 0 Å². The van der Waals surface area contributed by atoms with Crippen LogP contribution in [0.5, 0.6) is 0 Å². The van der Waals surface area contributed by atoms with E-state index in [1.165, 1.54) is 19.2 Å². The van der Waals surface area contributed by atoms with Crippen LogP contribution in [-0.4, -0.2) is 18.6 Å². The van der Waals surface area contributed by atoms with E-state index in [9.17, 15) is 18.0 Å². The van der Waals surface area contributed by atoms with Crippen molar-refractivity contribution in [3.63, 3.8) is 0 Å². The van der Waals surface area contributed by atoms with Gasteiger partial charge in [-0.05, 0) is 39.3 Å². The summed E-state index contributed by atoms with van der Waals surface area (Å²) in [6.07, 6.45) is -0.172. The van der Waals surface area contributed by atoms with Crippen LogP contribution in [0.25, 0.3) is 0 Å². The lowest BCUT2D eigenvalue weighted by Crippen LogP contribution is -2.07. The van der Waals surface area contributed by atoms with E-state index in [4.69, 9.17) is 5.26 Å². The number of carbonyl (C=O) groups is 1. The highest BCUT2D eigenvalue weighted by Crippen LogP contribution is 2.43. The van der Waals surface area contributed by atoms with Crippen LogP contribution in [0.4, 0.5) is 13.2 Å². The molecule has 3 nitrogen and oxygen atoms in total. The fourth-order valence-electron chi connectivity index (χ4n) is 1.26. The molecule has 0 spiro atoms. The summed E-state index contributed by atoms with van der Waals surface area (Å²) in [6.45, 7) is 0. The summed E-state index contributed by atoms with van der Waals surface area (Å²) in [5.41, 5.74) is -4.29. The number of thioether (sulfide) groups is 1. The molecule has 8 heteroatoms. The van der Waals surface area contributed by atoms with Gasteiger partial charge in [-0.1, -0.05) is 6.07 Å². The number of ether oxygens (including phenoxy) is 1. The molecule has 1 aromatic carbocycles. The average molecular weight is 354 g/mol. The highest BCUT2D eigenvalue weighted by Gasteiger charge is 2.32. The van der Waals surface area contributed by atoms with Gasteiger partial charge in [0.25, 0.3) is 0 Å². The maximum atomic E-state index is 12.4. The zero-order valence-electron chi connectivity index (χ0n) is 9.55. The van der Waals surface area contributed by atoms with Gasteiger partial charge in [-0.25, -0.2) is 0 Å². The Morgan fingerprint density at radius 1 is 1.53 bits per heavy atom. The minimum absolute atomic E-state index is 0.0827. The number of methoxy groups -OCH3 is 1. The van der Waals surface area contributed by atoms with Gasteiger partial charge < -0.3 is 4.74 Å². The molecule has 0 saturated carbocycles. The van der Waals surface area contributed by atoms with Gasteiger partial charge in [-0.2, -0.15) is 18.4 Å². The van der Waals surface area contributed by atoms with Crippen LogP contribution in [0.1, 0.15) is 11.1 Å². The van der Waals surface area contributed by atoms with E-state index in [0.29, 0.717) is 5.56 Å². The lowest BCUT2D eigenvalue weighted by Gasteiger charge is -2.12. The Morgan fingerprint density at radius 2 is 2.16 bits per heavy atom. The zero-order chi connectivity index (χ0) is 14.6. The molecule has 0 radical (unpaired) electrons. The van der Waals surface area contributed by atoms with Gasteiger partial charge in [-0.3, -0.25) is 4.79 Å². The summed E-state index contributed by atoms with van der Waals surface area (Å²) in [5, 5.41) is 8.82. The number of rotatable bonds is 3. The molecule has 1 rings (SSSR count). The fourth-order valence-corrected chi connectivity index (χ4v) is 2.67. The molecule has 102 valence electrons. The van der Waals surface area contributed by atoms with Crippen molar-refractivity contribution in [2.45, 2.75) is 16.8 Å². The van der Waals surface area contributed by atoms with Crippen molar-refractivity contribution < 1.29 is 22.7 Å². The van der Waals surface area contributed by atoms with E-state index in [2.05, 4.69) is 20.7 Å². The quantitative estimate of drug-likeness (QED) is 0.614. The molecule has 0 fully saturated rings. The second-order valence-electron chi connectivity index (χ2n) is 3.33. The van der Waals surface area contributed by atoms with Crippen molar-refractivity contribution >= 4 is 33.7 Å². The normalized spacial score (nSPS) is 10.9. The maximum Gasteiger partial charge on any atom is 0.446 e. The van der Waals surface area contributed by atoms with Crippen molar-refractivity contribution in [3.05, 3.63) is 27.7 Å². The van der Waals surface area contributed by atoms with Crippen molar-refractivity contribution in [3.8, 4) is 6.07 Å². The van der Waals surface area contributed by atoms with Gasteiger partial charge in [0, 0.05) is 9.37 Å². The molecule has 0 aliphatic rings. The van der Waals surface area contributed by atoms with Gasteiger partial charge in [0.2, 0.25) is 0 Å². The number of carbonyl (C=O) groups excluding carboxylic acids is 1. The Bertz CT molecular complexity index is 540. The van der Waals surface area contributed by atoms with Gasteiger partial charge >= 0.3 is 11.5 Å². The van der Waals surface area contributed by atoms with Crippen LogP contribution < -0.4 is 0 Å². The number of hydrogen-bond acceptors (Lipinski definition) is 4. The monoisotopic (exact) mass is 353 g/mol. The second-order valence-corrected chi connectivity index (χ2v) is 5.20. The molecule has 0 aliphatic heterocycles. The Kier molecular flexibility index (Phi) is 5.26. The molecule has 0 aromatic heterocycles. The predicted octanol–water partition coefficient (Wildman–Crippen LogP) is 3.65. The smallest absolute Gasteiger partial charge is 0.446 e. The largest absolute Gasteiger partial charge is 0.469 e. The first kappa shape index (κ1) is 15.9. The molecule has 0 heterocycles. The Labute approximate surface area is 119 Å². The topological polar surface area (TPSA) is 50.1 Å². The molecule has 19 heavy (non-hydrogen) atoms. The Morgan fingerprint density at radius 3 is 2.63 bits per heavy atom. The Hall–Kier alpha value is -1.20. The van der Waals surface area contributed by atoms with Crippen LogP contribution in [0.2, 0.25) is 0 Å². The number of nitriles is 1. The lowest BCUT2D eigenvalue weighted by molar-refractivity contribution is -0.139. The number of halogens is 4. The Balaban J connectivity index is 3.23. The molecule has 0 N–H and O–H groups in total. The molecular weight excluding hydrogens is 347 g/mol. The molecule has 0 saturated heterocycles. The van der Waals surface area contributed by atoms with Crippen molar-refractivity contribution in [2.75, 3.05) is 7.11 Å². The van der Waals surface area contributed by atoms with Gasteiger partial charge in [-0.15, -0.1) is 0 Å². The van der Waals surface area contributed by atoms with Gasteiger partial charge in [0.15, 0.2) is 0 Å². The van der Waals surface area contributed by atoms with E-state index >= 15 is 0 Å². The molecule has 0 bridgehead atoms. The van der Waals surface area contributed by atoms with Crippen LogP contribution in [0.3, 0.4) is 0 Å². The van der Waals surface area contributed by atoms with Crippen molar-refractivity contribution in [1.82, 2.24) is 0 Å². The van der Waals surface area contributed by atoms with Crippen LogP contribution >= 0.6 is 27.7 Å². The number of alkyl halides is 3. The highest BCUT2D eigenvalue weighted by atomic mass is 79.9. The summed E-state index contributed by atoms with van der Waals surface area (Å²) < 4.78 is 41.9. The fraction of sp³-hybridized carbons (Fsp3) is 0.273. The molecule has 0 unspecified atom stereocenters. The minimum atomic E-state index is -4.52. The van der Waals surface area contributed by atoms with E-state index in [1.54, 1.807) is 6.07 Å². The number of benzene rings is 1. The van der Waals surface area contributed by atoms with Crippen LogP contribution in [-0.2, 0) is 16.0 Å². The standard InChI is InChI=1S/C11H7BrF3NO2S/c1-18-8(17)4-6-2-3-7(5-16)10(9(6)12)19-11(13,14)15/h2-3H,4H2,1H3. The predicted molar refractivity (Wildman–Crippen MR) is 66.5 cm³/mol. The minimum Gasteiger partial charge on any atom is -0.469 e. The highest BCUT2D eigenvalue weighted by molar-refractivity contribution is 9.10. The maximum absolute atomic E-state index is 12.4. The first-order valence-electron chi connectivity index (χ1n) is 4.82. The van der Waals surface area contributed by atoms with E-state index < -0.39 is 23.2 Å². The average Bonchev–Trinajstić information content (AvgIpc) is 2.32. The third-order valence-electron chi connectivity index (χ3n) is 2.08. The number of nitrogens with zero attached hydrogens (tertiary/aromatic N) is 1. The summed E-state index contributed by atoms with van der Waals surface area (Å²) in [4.78, 5) is 10.9. The van der Waals surface area contributed by atoms with E-state index in [-0.39, 0.29) is 21.4 Å². The third kappa shape index (κ3) is 4.44. The van der Waals surface area contributed by atoms with Crippen LogP contribution in [0.15, 0.2) is 21.5 Å². The molecular formula is C11H7BrF3NO2S. The molecule has 0 aliphatic carbocycles. The van der Waals surface area contributed by atoms with Gasteiger partial charge in [0.05, 0.1) is 19.1 Å². The van der Waals surface area contributed by atoms with E-state index in [1.807, 2.05) is 0 Å². The summed E-state index contributed by atoms with van der Waals surface area (Å²) >= 11 is 2.61. The summed E-state index contributed by atoms with van der Waals surface area (Å²) in [5.74, 6) is -0.576. The van der Waals surface area contributed by atoms with Crippen LogP contribution in [0, 0.1) is 11.3 Å². The third-order valence-corrected chi connectivity index (χ3v) is 4.11. The molecule has 0 amide bonds. The number of esters is 1.